The Kier molecular flexibility index (Phi) is 5.60. The summed E-state index contributed by atoms with van der Waals surface area (Å²) < 4.78 is 30.1. The Hall–Kier alpha value is -0.890. The molecule has 0 aromatic heterocycles. The van der Waals surface area contributed by atoms with E-state index in [-0.39, 0.29) is 5.75 Å². The second-order valence-electron chi connectivity index (χ2n) is 5.86. The smallest absolute Gasteiger partial charge is 0.264 e. The normalized spacial score (nSPS) is 25.2. The fraction of sp³-hybridized carbons (Fsp3) is 0.714. The summed E-state index contributed by atoms with van der Waals surface area (Å²) in [5, 5.41) is 10.9. The van der Waals surface area contributed by atoms with E-state index in [1.807, 2.05) is 20.8 Å². The third-order valence-corrected chi connectivity index (χ3v) is 5.09. The van der Waals surface area contributed by atoms with Crippen molar-refractivity contribution in [2.75, 3.05) is 12.9 Å². The largest absolute Gasteiger partial charge is 0.385 e. The lowest BCUT2D eigenvalue weighted by Crippen LogP contribution is -2.46. The molecule has 1 unspecified atom stereocenters. The zero-order valence-electron chi connectivity index (χ0n) is 12.9. The van der Waals surface area contributed by atoms with Gasteiger partial charge >= 0.3 is 0 Å². The van der Waals surface area contributed by atoms with Gasteiger partial charge in [-0.05, 0) is 43.9 Å². The fourth-order valence-corrected chi connectivity index (χ4v) is 3.00. The highest BCUT2D eigenvalue weighted by Crippen LogP contribution is 2.46. The lowest BCUT2D eigenvalue weighted by atomic mass is 9.65. The first-order chi connectivity index (χ1) is 9.53. The van der Waals surface area contributed by atoms with Gasteiger partial charge in [0, 0.05) is 5.41 Å². The molecule has 1 aliphatic rings. The summed E-state index contributed by atoms with van der Waals surface area (Å²) in [5.41, 5.74) is -0.825. The molecule has 1 aliphatic carbocycles. The van der Waals surface area contributed by atoms with E-state index in [9.17, 15) is 13.5 Å². The van der Waals surface area contributed by atoms with E-state index in [0.29, 0.717) is 25.0 Å². The van der Waals surface area contributed by atoms with Crippen molar-refractivity contribution in [3.63, 3.8) is 0 Å². The molecule has 21 heavy (non-hydrogen) atoms. The average Bonchev–Trinajstić information content (AvgIpc) is 2.36. The molecule has 0 heterocycles. The van der Waals surface area contributed by atoms with Gasteiger partial charge in [-0.25, -0.2) is 0 Å². The van der Waals surface area contributed by atoms with Crippen molar-refractivity contribution < 1.29 is 27.9 Å². The monoisotopic (exact) mass is 320 g/mol. The van der Waals surface area contributed by atoms with Crippen molar-refractivity contribution in [2.24, 2.45) is 5.41 Å². The van der Waals surface area contributed by atoms with Gasteiger partial charge in [0.05, 0.1) is 18.5 Å². The van der Waals surface area contributed by atoms with Crippen LogP contribution in [-0.4, -0.2) is 36.5 Å². The van der Waals surface area contributed by atoms with Crippen LogP contribution in [0.4, 0.5) is 0 Å². The molecule has 122 valence electrons. The summed E-state index contributed by atoms with van der Waals surface area (Å²) in [6.45, 7) is 5.66. The zero-order valence-corrected chi connectivity index (χ0v) is 13.7. The summed E-state index contributed by atoms with van der Waals surface area (Å²) in [6.07, 6.45) is 4.49. The molecule has 1 rings (SSSR count). The highest BCUT2D eigenvalue weighted by molar-refractivity contribution is 7.85. The van der Waals surface area contributed by atoms with Gasteiger partial charge in [0.1, 0.15) is 0 Å². The van der Waals surface area contributed by atoms with Gasteiger partial charge in [-0.3, -0.25) is 4.55 Å². The van der Waals surface area contributed by atoms with E-state index in [1.165, 1.54) is 7.11 Å². The number of hydrogen-bond donors (Lipinski definition) is 2. The first-order valence-electron chi connectivity index (χ1n) is 6.82. The fourth-order valence-electron chi connectivity index (χ4n) is 2.43. The molecule has 1 atom stereocenters. The molecule has 0 aliphatic heterocycles. The molecule has 0 saturated carbocycles. The Morgan fingerprint density at radius 3 is 2.43 bits per heavy atom. The second kappa shape index (κ2) is 6.48. The Morgan fingerprint density at radius 2 is 1.90 bits per heavy atom. The first-order valence-corrected chi connectivity index (χ1v) is 8.43. The van der Waals surface area contributed by atoms with Crippen molar-refractivity contribution in [1.82, 2.24) is 0 Å². The maximum Gasteiger partial charge on any atom is 0.264 e. The topological polar surface area (TPSA) is 93.1 Å². The highest BCUT2D eigenvalue weighted by atomic mass is 32.2. The standard InChI is InChI=1S/C14H24O6S/c1-11-12(20-19-4)7-9-14(15,13(11,2)3)8-5-6-10-21(16,17)18/h7,9,15H,5-6,8,10H2,1-4H3,(H,16,17,18). The van der Waals surface area contributed by atoms with Crippen LogP contribution in [0.5, 0.6) is 0 Å². The third kappa shape index (κ3) is 4.29. The predicted octanol–water partition coefficient (Wildman–Crippen LogP) is 2.22. The molecule has 0 aromatic rings. The van der Waals surface area contributed by atoms with Gasteiger partial charge < -0.3 is 9.99 Å². The van der Waals surface area contributed by atoms with E-state index in [1.54, 1.807) is 12.2 Å². The average molecular weight is 320 g/mol. The quantitative estimate of drug-likeness (QED) is 0.323. The third-order valence-electron chi connectivity index (χ3n) is 4.28. The SMILES string of the molecule is COOC1=C(C)C(C)(C)C(O)(CCCCS(=O)(=O)O)C=C1. The molecule has 0 bridgehead atoms. The van der Waals surface area contributed by atoms with Gasteiger partial charge in [-0.1, -0.05) is 13.8 Å². The predicted molar refractivity (Wildman–Crippen MR) is 78.9 cm³/mol. The molecule has 6 nitrogen and oxygen atoms in total. The molecule has 0 aromatic carbocycles. The van der Waals surface area contributed by atoms with E-state index in [0.717, 1.165) is 5.57 Å². The van der Waals surface area contributed by atoms with Crippen molar-refractivity contribution in [3.8, 4) is 0 Å². The molecule has 2 N–H and O–H groups in total. The van der Waals surface area contributed by atoms with Gasteiger partial charge in [0.25, 0.3) is 10.1 Å². The van der Waals surface area contributed by atoms with Gasteiger partial charge in [0.2, 0.25) is 0 Å². The second-order valence-corrected chi connectivity index (χ2v) is 7.44. The minimum Gasteiger partial charge on any atom is -0.385 e. The molecular formula is C14H24O6S. The molecular weight excluding hydrogens is 296 g/mol. The number of hydrogen-bond acceptors (Lipinski definition) is 5. The minimum absolute atomic E-state index is 0.292. The lowest BCUT2D eigenvalue weighted by Gasteiger charge is -2.44. The van der Waals surface area contributed by atoms with Crippen molar-refractivity contribution in [3.05, 3.63) is 23.5 Å². The molecule has 0 amide bonds. The summed E-state index contributed by atoms with van der Waals surface area (Å²) in [7, 11) is -2.53. The Bertz CT molecular complexity index is 532. The Balaban J connectivity index is 2.77. The summed E-state index contributed by atoms with van der Waals surface area (Å²) in [5.74, 6) is 0.269. The van der Waals surface area contributed by atoms with Crippen LogP contribution in [0, 0.1) is 5.41 Å². The van der Waals surface area contributed by atoms with Gasteiger partial charge in [-0.15, -0.1) is 0 Å². The Morgan fingerprint density at radius 1 is 1.29 bits per heavy atom. The molecule has 0 fully saturated rings. The number of allylic oxidation sites excluding steroid dienone is 1. The minimum atomic E-state index is -3.95. The highest BCUT2D eigenvalue weighted by Gasteiger charge is 2.45. The maximum absolute atomic E-state index is 10.9. The van der Waals surface area contributed by atoms with Crippen LogP contribution in [-0.2, 0) is 19.9 Å². The van der Waals surface area contributed by atoms with Crippen LogP contribution in [0.1, 0.15) is 40.0 Å². The number of rotatable bonds is 7. The Labute approximate surface area is 126 Å². The number of unbranched alkanes of at least 4 members (excludes halogenated alkanes) is 1. The van der Waals surface area contributed by atoms with Gasteiger partial charge in [-0.2, -0.15) is 13.3 Å². The van der Waals surface area contributed by atoms with Crippen LogP contribution in [0.15, 0.2) is 23.5 Å². The lowest BCUT2D eigenvalue weighted by molar-refractivity contribution is -0.236. The van der Waals surface area contributed by atoms with E-state index in [4.69, 9.17) is 9.44 Å². The molecule has 0 radical (unpaired) electrons. The van der Waals surface area contributed by atoms with Crippen LogP contribution in [0.2, 0.25) is 0 Å². The van der Waals surface area contributed by atoms with Crippen LogP contribution < -0.4 is 0 Å². The van der Waals surface area contributed by atoms with Crippen molar-refractivity contribution >= 4 is 10.1 Å². The molecule has 7 heteroatoms. The number of aliphatic hydroxyl groups is 1. The molecule has 0 saturated heterocycles. The summed E-state index contributed by atoms with van der Waals surface area (Å²) >= 11 is 0. The summed E-state index contributed by atoms with van der Waals surface area (Å²) in [6, 6.07) is 0. The van der Waals surface area contributed by atoms with Gasteiger partial charge in [0.15, 0.2) is 5.76 Å². The maximum atomic E-state index is 10.9. The van der Waals surface area contributed by atoms with Crippen molar-refractivity contribution in [1.29, 1.82) is 0 Å². The van der Waals surface area contributed by atoms with E-state index >= 15 is 0 Å². The molecule has 0 spiro atoms. The van der Waals surface area contributed by atoms with Crippen LogP contribution in [0.3, 0.4) is 0 Å². The first kappa shape index (κ1) is 18.2. The van der Waals surface area contributed by atoms with Crippen LogP contribution >= 0.6 is 0 Å². The van der Waals surface area contributed by atoms with Crippen LogP contribution in [0.25, 0.3) is 0 Å². The zero-order chi connectivity index (χ0) is 16.3. The van der Waals surface area contributed by atoms with Crippen molar-refractivity contribution in [2.45, 2.75) is 45.6 Å². The summed E-state index contributed by atoms with van der Waals surface area (Å²) in [4.78, 5) is 9.73. The van der Waals surface area contributed by atoms with E-state index < -0.39 is 21.1 Å². The van der Waals surface area contributed by atoms with E-state index in [2.05, 4.69) is 4.89 Å².